The van der Waals surface area contributed by atoms with Crippen LogP contribution < -0.4 is 9.64 Å². The van der Waals surface area contributed by atoms with Gasteiger partial charge in [0, 0.05) is 43.1 Å². The minimum atomic E-state index is 0.0377. The molecule has 0 spiro atoms. The van der Waals surface area contributed by atoms with Gasteiger partial charge >= 0.3 is 0 Å². The second-order valence-electron chi connectivity index (χ2n) is 8.70. The van der Waals surface area contributed by atoms with E-state index in [0.29, 0.717) is 53.4 Å². The summed E-state index contributed by atoms with van der Waals surface area (Å²) in [6.45, 7) is 10.3. The number of piperazine rings is 1. The number of benzene rings is 3. The molecule has 0 unspecified atom stereocenters. The van der Waals surface area contributed by atoms with E-state index >= 15 is 0 Å². The molecule has 1 amide bonds. The molecule has 5 rings (SSSR count). The normalized spacial score (nSPS) is 14.0. The van der Waals surface area contributed by atoms with Crippen LogP contribution in [0.5, 0.6) is 11.5 Å². The molecule has 37 heavy (non-hydrogen) atoms. The number of hydrogen-bond acceptors (Lipinski definition) is 4. The van der Waals surface area contributed by atoms with Gasteiger partial charge in [-0.05, 0) is 42.0 Å². The number of hydrogen-bond donors (Lipinski definition) is 0. The van der Waals surface area contributed by atoms with Crippen molar-refractivity contribution in [1.82, 2.24) is 14.5 Å². The van der Waals surface area contributed by atoms with Crippen LogP contribution in [0.2, 0.25) is 10.0 Å². The Balaban J connectivity index is 1.27. The Kier molecular flexibility index (Phi) is 7.42. The van der Waals surface area contributed by atoms with Crippen LogP contribution in [-0.4, -0.2) is 40.0 Å². The monoisotopic (exact) mass is 531 g/mol. The van der Waals surface area contributed by atoms with Gasteiger partial charge in [0.2, 0.25) is 11.6 Å². The Bertz CT molecular complexity index is 1480. The van der Waals surface area contributed by atoms with Gasteiger partial charge in [-0.15, -0.1) is 0 Å². The molecule has 186 valence electrons. The fourth-order valence-corrected chi connectivity index (χ4v) is 4.66. The molecule has 0 saturated carbocycles. The van der Waals surface area contributed by atoms with Gasteiger partial charge in [0.15, 0.2) is 0 Å². The largest absolute Gasteiger partial charge is 0.467 e. The van der Waals surface area contributed by atoms with Crippen LogP contribution in [0.25, 0.3) is 4.85 Å². The van der Waals surface area contributed by atoms with Crippen LogP contribution >= 0.6 is 23.2 Å². The summed E-state index contributed by atoms with van der Waals surface area (Å²) in [5.41, 5.74) is 3.17. The third-order valence-corrected chi connectivity index (χ3v) is 6.71. The average molecular weight is 532 g/mol. The molecular weight excluding hydrogens is 509 g/mol. The first-order chi connectivity index (χ1) is 18.0. The molecule has 1 fully saturated rings. The molecule has 1 aliphatic heterocycles. The van der Waals surface area contributed by atoms with E-state index in [1.807, 2.05) is 53.2 Å². The first kappa shape index (κ1) is 24.8. The number of carbonyl (C=O) groups is 1. The number of imidazole rings is 1. The fourth-order valence-electron chi connectivity index (χ4n) is 4.30. The molecule has 1 aromatic heterocycles. The number of ether oxygens (including phenoxy) is 1. The summed E-state index contributed by atoms with van der Waals surface area (Å²) in [5, 5.41) is 1.09. The summed E-state index contributed by atoms with van der Waals surface area (Å²) in [5.74, 6) is 0.983. The van der Waals surface area contributed by atoms with Gasteiger partial charge in [-0.3, -0.25) is 9.69 Å². The van der Waals surface area contributed by atoms with Gasteiger partial charge in [0.05, 0.1) is 30.2 Å². The number of anilines is 1. The standard InChI is InChI=1S/C28H23Cl2N5O2/c1-31-25-10-9-20(13-27(25)37-26-8-3-2-7-24(26)30)16-34-19-32-15-23(34)17-33-11-12-35(28(36)18-33)22-6-4-5-21(29)14-22/h2-10,13-15,19H,11-12,16-18H2. The predicted molar refractivity (Wildman–Crippen MR) is 145 cm³/mol. The second-order valence-corrected chi connectivity index (χ2v) is 9.54. The molecule has 3 aromatic carbocycles. The van der Waals surface area contributed by atoms with E-state index in [-0.39, 0.29) is 5.91 Å². The van der Waals surface area contributed by atoms with E-state index in [4.69, 9.17) is 34.5 Å². The van der Waals surface area contributed by atoms with E-state index in [2.05, 4.69) is 14.7 Å². The van der Waals surface area contributed by atoms with Crippen molar-refractivity contribution in [1.29, 1.82) is 0 Å². The molecule has 1 saturated heterocycles. The van der Waals surface area contributed by atoms with Crippen LogP contribution in [0.15, 0.2) is 79.3 Å². The molecule has 4 aromatic rings. The Labute approximate surface area is 225 Å². The lowest BCUT2D eigenvalue weighted by atomic mass is 10.2. The van der Waals surface area contributed by atoms with Crippen molar-refractivity contribution in [2.45, 2.75) is 13.1 Å². The van der Waals surface area contributed by atoms with E-state index in [1.54, 1.807) is 35.5 Å². The van der Waals surface area contributed by atoms with E-state index in [0.717, 1.165) is 23.5 Å². The summed E-state index contributed by atoms with van der Waals surface area (Å²) in [6.07, 6.45) is 3.60. The van der Waals surface area contributed by atoms with E-state index in [1.165, 1.54) is 0 Å². The predicted octanol–water partition coefficient (Wildman–Crippen LogP) is 6.43. The molecule has 9 heteroatoms. The minimum absolute atomic E-state index is 0.0377. The summed E-state index contributed by atoms with van der Waals surface area (Å²) in [7, 11) is 0. The van der Waals surface area contributed by atoms with Gasteiger partial charge in [-0.1, -0.05) is 53.5 Å². The number of amides is 1. The van der Waals surface area contributed by atoms with E-state index < -0.39 is 0 Å². The van der Waals surface area contributed by atoms with Crippen molar-refractivity contribution < 1.29 is 9.53 Å². The van der Waals surface area contributed by atoms with Crippen molar-refractivity contribution in [3.05, 3.63) is 112 Å². The van der Waals surface area contributed by atoms with Crippen molar-refractivity contribution in [2.75, 3.05) is 24.5 Å². The smallest absolute Gasteiger partial charge is 0.241 e. The minimum Gasteiger partial charge on any atom is -0.467 e. The topological polar surface area (TPSA) is 55.0 Å². The lowest BCUT2D eigenvalue weighted by Gasteiger charge is -2.34. The molecule has 7 nitrogen and oxygen atoms in total. The van der Waals surface area contributed by atoms with Crippen molar-refractivity contribution in [3.8, 4) is 11.5 Å². The van der Waals surface area contributed by atoms with Crippen LogP contribution in [-0.2, 0) is 17.9 Å². The van der Waals surface area contributed by atoms with Gasteiger partial charge in [0.1, 0.15) is 11.5 Å². The number of para-hydroxylation sites is 1. The third-order valence-electron chi connectivity index (χ3n) is 6.16. The van der Waals surface area contributed by atoms with Crippen LogP contribution in [0, 0.1) is 6.57 Å². The zero-order valence-electron chi connectivity index (χ0n) is 19.8. The van der Waals surface area contributed by atoms with Gasteiger partial charge in [-0.25, -0.2) is 9.83 Å². The zero-order chi connectivity index (χ0) is 25.8. The van der Waals surface area contributed by atoms with Gasteiger partial charge in [0.25, 0.3) is 0 Å². The fraction of sp³-hybridized carbons (Fsp3) is 0.179. The molecule has 0 radical (unpaired) electrons. The number of rotatable bonds is 7. The molecule has 2 heterocycles. The average Bonchev–Trinajstić information content (AvgIpc) is 3.32. The Morgan fingerprint density at radius 1 is 0.973 bits per heavy atom. The maximum atomic E-state index is 12.9. The molecule has 1 aliphatic rings. The SMILES string of the molecule is [C-]#[N+]c1ccc(Cn2cncc2CN2CCN(c3cccc(Cl)c3)C(=O)C2)cc1Oc1ccccc1Cl. The lowest BCUT2D eigenvalue weighted by molar-refractivity contribution is -0.121. The summed E-state index contributed by atoms with van der Waals surface area (Å²) in [4.78, 5) is 24.7. The highest BCUT2D eigenvalue weighted by Gasteiger charge is 2.26. The first-order valence-electron chi connectivity index (χ1n) is 11.7. The van der Waals surface area contributed by atoms with Crippen molar-refractivity contribution in [3.63, 3.8) is 0 Å². The maximum absolute atomic E-state index is 12.9. The van der Waals surface area contributed by atoms with Gasteiger partial charge < -0.3 is 14.2 Å². The number of carbonyl (C=O) groups excluding carboxylic acids is 1. The highest BCUT2D eigenvalue weighted by molar-refractivity contribution is 6.32. The number of halogens is 2. The Morgan fingerprint density at radius 3 is 2.62 bits per heavy atom. The van der Waals surface area contributed by atoms with Crippen LogP contribution in [0.3, 0.4) is 0 Å². The molecule has 0 atom stereocenters. The summed E-state index contributed by atoms with van der Waals surface area (Å²) < 4.78 is 8.02. The highest BCUT2D eigenvalue weighted by Crippen LogP contribution is 2.36. The molecule has 0 aliphatic carbocycles. The van der Waals surface area contributed by atoms with Crippen LogP contribution in [0.4, 0.5) is 11.4 Å². The van der Waals surface area contributed by atoms with E-state index in [9.17, 15) is 4.79 Å². The Hall–Kier alpha value is -3.83. The maximum Gasteiger partial charge on any atom is 0.241 e. The number of aromatic nitrogens is 2. The second kappa shape index (κ2) is 11.1. The third kappa shape index (κ3) is 5.78. The van der Waals surface area contributed by atoms with Crippen molar-refractivity contribution in [2.24, 2.45) is 0 Å². The quantitative estimate of drug-likeness (QED) is 0.258. The van der Waals surface area contributed by atoms with Crippen molar-refractivity contribution >= 4 is 40.5 Å². The Morgan fingerprint density at radius 2 is 1.84 bits per heavy atom. The number of nitrogens with zero attached hydrogens (tertiary/aromatic N) is 5. The summed E-state index contributed by atoms with van der Waals surface area (Å²) in [6, 6.07) is 20.0. The summed E-state index contributed by atoms with van der Waals surface area (Å²) >= 11 is 12.4. The highest BCUT2D eigenvalue weighted by atomic mass is 35.5. The molecule has 0 N–H and O–H groups in total. The molecular formula is C28H23Cl2N5O2. The zero-order valence-corrected chi connectivity index (χ0v) is 21.4. The van der Waals surface area contributed by atoms with Crippen LogP contribution in [0.1, 0.15) is 11.3 Å². The lowest BCUT2D eigenvalue weighted by Crippen LogP contribution is -2.50. The van der Waals surface area contributed by atoms with Gasteiger partial charge in [-0.2, -0.15) is 0 Å². The first-order valence-corrected chi connectivity index (χ1v) is 12.5. The molecule has 0 bridgehead atoms.